The molecule has 32 heavy (non-hydrogen) atoms. The number of hydrogen-bond acceptors (Lipinski definition) is 4. The minimum Gasteiger partial charge on any atom is -0.444 e. The fourth-order valence-corrected chi connectivity index (χ4v) is 4.61. The molecule has 4 nitrogen and oxygen atoms in total. The van der Waals surface area contributed by atoms with Gasteiger partial charge in [-0.1, -0.05) is 91.0 Å². The number of hydrogen-bond donors (Lipinski definition) is 2. The van der Waals surface area contributed by atoms with E-state index < -0.39 is 28.4 Å². The number of thiol groups is 1. The summed E-state index contributed by atoms with van der Waals surface area (Å²) in [6.45, 7) is 5.34. The van der Waals surface area contributed by atoms with Crippen molar-refractivity contribution in [2.45, 2.75) is 43.1 Å². The van der Waals surface area contributed by atoms with Crippen molar-refractivity contribution in [3.05, 3.63) is 108 Å². The van der Waals surface area contributed by atoms with E-state index in [1.807, 2.05) is 91.0 Å². The number of aldehydes is 1. The maximum atomic E-state index is 12.5. The monoisotopic (exact) mass is 447 g/mol. The lowest BCUT2D eigenvalue weighted by Gasteiger charge is -2.42. The zero-order valence-electron chi connectivity index (χ0n) is 18.6. The summed E-state index contributed by atoms with van der Waals surface area (Å²) in [5.74, 6) is 0. The quantitative estimate of drug-likeness (QED) is 0.289. The molecular formula is C27H29NO3S. The fourth-order valence-electron chi connectivity index (χ4n) is 4.02. The maximum absolute atomic E-state index is 12.5. The van der Waals surface area contributed by atoms with E-state index in [1.165, 1.54) is 0 Å². The lowest BCUT2D eigenvalue weighted by molar-refractivity contribution is -0.109. The number of carbonyl (C=O) groups is 2. The number of alkyl carbamates (subject to hydrolysis) is 1. The van der Waals surface area contributed by atoms with Crippen LogP contribution in [0.15, 0.2) is 91.0 Å². The molecule has 0 fully saturated rings. The van der Waals surface area contributed by atoms with Gasteiger partial charge in [-0.15, -0.1) is 0 Å². The highest BCUT2D eigenvalue weighted by molar-refractivity contribution is 7.81. The summed E-state index contributed by atoms with van der Waals surface area (Å²) in [6, 6.07) is 28.9. The van der Waals surface area contributed by atoms with E-state index >= 15 is 0 Å². The van der Waals surface area contributed by atoms with Crippen molar-refractivity contribution in [2.24, 2.45) is 0 Å². The third-order valence-corrected chi connectivity index (χ3v) is 6.01. The minimum atomic E-state index is -0.909. The van der Waals surface area contributed by atoms with E-state index in [0.29, 0.717) is 0 Å². The lowest BCUT2D eigenvalue weighted by atomic mass is 9.65. The van der Waals surface area contributed by atoms with Gasteiger partial charge >= 0.3 is 6.09 Å². The Morgan fingerprint density at radius 2 is 1.19 bits per heavy atom. The molecule has 3 rings (SSSR count). The third-order valence-electron chi connectivity index (χ3n) is 5.30. The molecule has 0 spiro atoms. The van der Waals surface area contributed by atoms with Crippen LogP contribution in [-0.2, 0) is 14.9 Å². The van der Waals surface area contributed by atoms with Gasteiger partial charge in [-0.25, -0.2) is 4.79 Å². The second kappa shape index (κ2) is 10.0. The number of rotatable bonds is 7. The first-order valence-electron chi connectivity index (χ1n) is 10.6. The summed E-state index contributed by atoms with van der Waals surface area (Å²) in [5.41, 5.74) is 1.41. The van der Waals surface area contributed by atoms with Crippen LogP contribution in [0.2, 0.25) is 0 Å². The Balaban J connectivity index is 2.19. The van der Waals surface area contributed by atoms with Crippen molar-refractivity contribution in [2.75, 3.05) is 0 Å². The van der Waals surface area contributed by atoms with Crippen molar-refractivity contribution in [3.8, 4) is 0 Å². The predicted octanol–water partition coefficient (Wildman–Crippen LogP) is 5.41. The molecule has 0 aromatic heterocycles. The highest BCUT2D eigenvalue weighted by Gasteiger charge is 2.46. The summed E-state index contributed by atoms with van der Waals surface area (Å²) in [6.07, 6.45) is 0.0715. The van der Waals surface area contributed by atoms with Gasteiger partial charge in [0.25, 0.3) is 0 Å². The van der Waals surface area contributed by atoms with Gasteiger partial charge in [0, 0.05) is 5.25 Å². The molecule has 3 aromatic carbocycles. The van der Waals surface area contributed by atoms with Crippen molar-refractivity contribution < 1.29 is 14.3 Å². The minimum absolute atomic E-state index is 0.625. The van der Waals surface area contributed by atoms with Gasteiger partial charge in [0.2, 0.25) is 0 Å². The van der Waals surface area contributed by atoms with Gasteiger partial charge in [-0.3, -0.25) is 0 Å². The molecule has 0 bridgehead atoms. The molecule has 0 aliphatic rings. The molecule has 2 unspecified atom stereocenters. The maximum Gasteiger partial charge on any atom is 0.408 e. The van der Waals surface area contributed by atoms with Crippen LogP contribution in [0.1, 0.15) is 37.5 Å². The Kier molecular flexibility index (Phi) is 7.41. The number of amides is 1. The number of nitrogens with one attached hydrogen (secondary N) is 1. The van der Waals surface area contributed by atoms with Crippen LogP contribution in [0.3, 0.4) is 0 Å². The molecule has 1 N–H and O–H groups in total. The summed E-state index contributed by atoms with van der Waals surface area (Å²) in [7, 11) is 0. The molecule has 0 aliphatic carbocycles. The van der Waals surface area contributed by atoms with Crippen molar-refractivity contribution >= 4 is 25.0 Å². The molecule has 166 valence electrons. The van der Waals surface area contributed by atoms with E-state index in [4.69, 9.17) is 17.4 Å². The Morgan fingerprint density at radius 3 is 1.50 bits per heavy atom. The Hall–Kier alpha value is -3.05. The van der Waals surface area contributed by atoms with Crippen LogP contribution in [0.4, 0.5) is 4.79 Å². The number of carbonyl (C=O) groups excluding carboxylic acids is 2. The normalized spacial score (nSPS) is 13.6. The first-order valence-corrected chi connectivity index (χ1v) is 11.1. The van der Waals surface area contributed by atoms with Crippen molar-refractivity contribution in [1.82, 2.24) is 5.32 Å². The van der Waals surface area contributed by atoms with Crippen LogP contribution < -0.4 is 5.32 Å². The van der Waals surface area contributed by atoms with Gasteiger partial charge in [-0.05, 0) is 37.5 Å². The van der Waals surface area contributed by atoms with Crippen molar-refractivity contribution in [1.29, 1.82) is 0 Å². The van der Waals surface area contributed by atoms with E-state index in [-0.39, 0.29) is 0 Å². The highest BCUT2D eigenvalue weighted by atomic mass is 32.1. The van der Waals surface area contributed by atoms with Gasteiger partial charge in [-0.2, -0.15) is 12.6 Å². The molecule has 0 saturated carbocycles. The zero-order valence-corrected chi connectivity index (χ0v) is 19.5. The molecule has 0 heterocycles. The van der Waals surface area contributed by atoms with Gasteiger partial charge in [0.1, 0.15) is 17.9 Å². The van der Waals surface area contributed by atoms with E-state index in [9.17, 15) is 9.59 Å². The average molecular weight is 448 g/mol. The van der Waals surface area contributed by atoms with Crippen LogP contribution in [-0.4, -0.2) is 29.3 Å². The SMILES string of the molecule is CC(C)(C)OC(=O)NC(C=O)C(S)C(c1ccccc1)(c1ccccc1)c1ccccc1. The molecule has 5 heteroatoms. The number of ether oxygens (including phenoxy) is 1. The van der Waals surface area contributed by atoms with Crippen LogP contribution in [0.25, 0.3) is 0 Å². The summed E-state index contributed by atoms with van der Waals surface area (Å²) in [5, 5.41) is 2.11. The Labute approximate surface area is 195 Å². The van der Waals surface area contributed by atoms with E-state index in [1.54, 1.807) is 20.8 Å². The number of benzene rings is 3. The second-order valence-electron chi connectivity index (χ2n) is 8.66. The Bertz CT molecular complexity index is 920. The van der Waals surface area contributed by atoms with Gasteiger partial charge in [0.15, 0.2) is 0 Å². The smallest absolute Gasteiger partial charge is 0.408 e. The molecule has 3 aromatic rings. The van der Waals surface area contributed by atoms with Crippen LogP contribution in [0.5, 0.6) is 0 Å². The van der Waals surface area contributed by atoms with Gasteiger partial charge in [0.05, 0.1) is 5.41 Å². The molecular weight excluding hydrogens is 418 g/mol. The fraction of sp³-hybridized carbons (Fsp3) is 0.259. The first kappa shape index (κ1) is 23.6. The first-order chi connectivity index (χ1) is 15.3. The largest absolute Gasteiger partial charge is 0.444 e. The Morgan fingerprint density at radius 1 is 0.812 bits per heavy atom. The standard InChI is InChI=1S/C27H29NO3S/c1-26(2,3)31-25(30)28-23(19-29)24(32)27(20-13-7-4-8-14-20,21-15-9-5-10-16-21)22-17-11-6-12-18-22/h4-19,23-24,32H,1-3H3,(H,28,30). The molecule has 0 radical (unpaired) electrons. The zero-order chi connectivity index (χ0) is 23.2. The average Bonchev–Trinajstić information content (AvgIpc) is 2.79. The summed E-state index contributed by atoms with van der Waals surface area (Å²) >= 11 is 5.00. The molecule has 0 saturated heterocycles. The van der Waals surface area contributed by atoms with Gasteiger partial charge < -0.3 is 14.8 Å². The van der Waals surface area contributed by atoms with E-state index in [2.05, 4.69) is 5.32 Å². The van der Waals surface area contributed by atoms with Crippen LogP contribution >= 0.6 is 12.6 Å². The second-order valence-corrected chi connectivity index (χ2v) is 9.22. The topological polar surface area (TPSA) is 55.4 Å². The third kappa shape index (κ3) is 5.05. The van der Waals surface area contributed by atoms with Crippen molar-refractivity contribution in [3.63, 3.8) is 0 Å². The lowest BCUT2D eigenvalue weighted by Crippen LogP contribution is -2.53. The summed E-state index contributed by atoms with van der Waals surface area (Å²) < 4.78 is 5.41. The van der Waals surface area contributed by atoms with E-state index in [0.717, 1.165) is 23.0 Å². The summed E-state index contributed by atoms with van der Waals surface area (Å²) in [4.78, 5) is 24.8. The predicted molar refractivity (Wildman–Crippen MR) is 131 cm³/mol. The van der Waals surface area contributed by atoms with Crippen LogP contribution in [0, 0.1) is 0 Å². The molecule has 1 amide bonds. The highest BCUT2D eigenvalue weighted by Crippen LogP contribution is 2.45. The molecule has 0 aliphatic heterocycles. The molecule has 2 atom stereocenters.